The second-order valence-electron chi connectivity index (χ2n) is 7.19. The summed E-state index contributed by atoms with van der Waals surface area (Å²) in [5, 5.41) is 2.75. The second-order valence-corrected chi connectivity index (χ2v) is 9.02. The number of rotatable bonds is 9. The third-order valence-corrected chi connectivity index (χ3v) is 6.38. The van der Waals surface area contributed by atoms with Crippen LogP contribution in [0.2, 0.25) is 0 Å². The van der Waals surface area contributed by atoms with Crippen molar-refractivity contribution < 1.29 is 32.2 Å². The number of hydrogen-bond acceptors (Lipinski definition) is 7. The second kappa shape index (κ2) is 10.8. The van der Waals surface area contributed by atoms with Gasteiger partial charge in [0.15, 0.2) is 9.84 Å². The average Bonchev–Trinajstić information content (AvgIpc) is 2.84. The first-order valence-corrected chi connectivity index (χ1v) is 11.7. The lowest BCUT2D eigenvalue weighted by Crippen LogP contribution is -2.17. The number of hydrogen-bond donors (Lipinski definition) is 0. The van der Waals surface area contributed by atoms with E-state index in [1.807, 2.05) is 36.4 Å². The molecular formula is C25H24O7S. The van der Waals surface area contributed by atoms with E-state index in [0.717, 1.165) is 33.6 Å². The zero-order valence-corrected chi connectivity index (χ0v) is 19.1. The maximum Gasteiger partial charge on any atom is 0.331 e. The molecule has 0 aliphatic rings. The predicted molar refractivity (Wildman–Crippen MR) is 124 cm³/mol. The van der Waals surface area contributed by atoms with Gasteiger partial charge in [-0.2, -0.15) is 0 Å². The summed E-state index contributed by atoms with van der Waals surface area (Å²) in [7, 11) is -2.13. The number of benzene rings is 3. The van der Waals surface area contributed by atoms with Crippen LogP contribution >= 0.6 is 0 Å². The standard InChI is InChI=1S/C25H24O7S/c1-18(19-8-9-21-17-22(30-2)11-10-20(21)16-19)25(27)32-14-13-31-24(26)12-15-33(28,29)23-6-4-3-5-7-23/h3-12,15-18H,13-14H2,1-2H3/b15-12+/t18-/m0/s1. The number of methoxy groups -OCH3 is 1. The van der Waals surface area contributed by atoms with Crippen LogP contribution in [0.3, 0.4) is 0 Å². The van der Waals surface area contributed by atoms with Crippen LogP contribution in [0, 0.1) is 0 Å². The summed E-state index contributed by atoms with van der Waals surface area (Å²) in [6.07, 6.45) is 0.830. The Kier molecular flexibility index (Phi) is 7.84. The van der Waals surface area contributed by atoms with Gasteiger partial charge in [-0.25, -0.2) is 13.2 Å². The van der Waals surface area contributed by atoms with Crippen molar-refractivity contribution in [1.29, 1.82) is 0 Å². The summed E-state index contributed by atoms with van der Waals surface area (Å²) in [5.74, 6) is -1.06. The number of esters is 2. The van der Waals surface area contributed by atoms with E-state index in [1.165, 1.54) is 12.1 Å². The fourth-order valence-corrected chi connectivity index (χ4v) is 4.05. The van der Waals surface area contributed by atoms with E-state index >= 15 is 0 Å². The molecule has 1 atom stereocenters. The van der Waals surface area contributed by atoms with Gasteiger partial charge in [-0.1, -0.05) is 42.5 Å². The minimum Gasteiger partial charge on any atom is -0.497 e. The third kappa shape index (κ3) is 6.43. The Morgan fingerprint density at radius 2 is 1.58 bits per heavy atom. The Balaban J connectivity index is 1.48. The number of carbonyl (C=O) groups is 2. The van der Waals surface area contributed by atoms with E-state index in [-0.39, 0.29) is 18.1 Å². The molecule has 172 valence electrons. The highest BCUT2D eigenvalue weighted by molar-refractivity contribution is 7.94. The molecule has 8 heteroatoms. The Morgan fingerprint density at radius 3 is 2.30 bits per heavy atom. The molecule has 0 aliphatic carbocycles. The molecule has 0 bridgehead atoms. The van der Waals surface area contributed by atoms with Crippen molar-refractivity contribution in [2.75, 3.05) is 20.3 Å². The molecule has 0 aliphatic heterocycles. The van der Waals surface area contributed by atoms with Gasteiger partial charge in [-0.05, 0) is 47.5 Å². The Bertz CT molecular complexity index is 1260. The highest BCUT2D eigenvalue weighted by atomic mass is 32.2. The van der Waals surface area contributed by atoms with Gasteiger partial charge in [0, 0.05) is 11.5 Å². The van der Waals surface area contributed by atoms with Crippen molar-refractivity contribution in [3.8, 4) is 5.75 Å². The SMILES string of the molecule is COc1ccc2cc([C@H](C)C(=O)OCCOC(=O)/C=C/S(=O)(=O)c3ccccc3)ccc2c1. The highest BCUT2D eigenvalue weighted by Crippen LogP contribution is 2.25. The van der Waals surface area contributed by atoms with Crippen molar-refractivity contribution in [2.45, 2.75) is 17.7 Å². The van der Waals surface area contributed by atoms with Crippen LogP contribution in [0.5, 0.6) is 5.75 Å². The summed E-state index contributed by atoms with van der Waals surface area (Å²) in [6.45, 7) is 1.40. The Labute approximate surface area is 192 Å². The molecule has 0 saturated carbocycles. The normalized spacial score (nSPS) is 12.4. The molecule has 3 aromatic rings. The van der Waals surface area contributed by atoms with E-state index in [0.29, 0.717) is 0 Å². The zero-order valence-electron chi connectivity index (χ0n) is 18.3. The summed E-state index contributed by atoms with van der Waals surface area (Å²) >= 11 is 0. The minimum absolute atomic E-state index is 0.0739. The molecule has 7 nitrogen and oxygen atoms in total. The number of ether oxygens (including phenoxy) is 3. The van der Waals surface area contributed by atoms with E-state index < -0.39 is 27.7 Å². The maximum atomic E-state index is 12.4. The van der Waals surface area contributed by atoms with Crippen LogP contribution in [0.25, 0.3) is 10.8 Å². The smallest absolute Gasteiger partial charge is 0.331 e. The van der Waals surface area contributed by atoms with Gasteiger partial charge >= 0.3 is 11.9 Å². The van der Waals surface area contributed by atoms with Crippen LogP contribution < -0.4 is 4.74 Å². The predicted octanol–water partition coefficient (Wildman–Crippen LogP) is 4.03. The molecule has 33 heavy (non-hydrogen) atoms. The molecule has 0 radical (unpaired) electrons. The topological polar surface area (TPSA) is 96.0 Å². The van der Waals surface area contributed by atoms with Crippen LogP contribution in [-0.2, 0) is 28.9 Å². The highest BCUT2D eigenvalue weighted by Gasteiger charge is 2.17. The van der Waals surface area contributed by atoms with Gasteiger partial charge in [0.2, 0.25) is 0 Å². The van der Waals surface area contributed by atoms with Crippen molar-refractivity contribution in [1.82, 2.24) is 0 Å². The van der Waals surface area contributed by atoms with E-state index in [1.54, 1.807) is 32.2 Å². The lowest BCUT2D eigenvalue weighted by atomic mass is 9.98. The van der Waals surface area contributed by atoms with Gasteiger partial charge in [-0.15, -0.1) is 0 Å². The lowest BCUT2D eigenvalue weighted by Gasteiger charge is -2.13. The number of sulfone groups is 1. The molecule has 0 N–H and O–H groups in total. The molecule has 0 fully saturated rings. The Hall–Kier alpha value is -3.65. The molecule has 3 aromatic carbocycles. The van der Waals surface area contributed by atoms with Crippen molar-refractivity contribution in [2.24, 2.45) is 0 Å². The summed E-state index contributed by atoms with van der Waals surface area (Å²) < 4.78 is 39.5. The van der Waals surface area contributed by atoms with E-state index in [4.69, 9.17) is 14.2 Å². The third-order valence-electron chi connectivity index (χ3n) is 4.95. The van der Waals surface area contributed by atoms with Crippen molar-refractivity contribution in [3.63, 3.8) is 0 Å². The Morgan fingerprint density at radius 1 is 0.909 bits per heavy atom. The van der Waals surface area contributed by atoms with Crippen molar-refractivity contribution in [3.05, 3.63) is 83.8 Å². The largest absolute Gasteiger partial charge is 0.497 e. The first-order chi connectivity index (χ1) is 15.8. The molecule has 0 amide bonds. The van der Waals surface area contributed by atoms with Gasteiger partial charge in [-0.3, -0.25) is 4.79 Å². The summed E-state index contributed by atoms with van der Waals surface area (Å²) in [6, 6.07) is 19.1. The van der Waals surface area contributed by atoms with Crippen molar-refractivity contribution >= 4 is 32.5 Å². The minimum atomic E-state index is -3.73. The first kappa shape index (κ1) is 24.0. The van der Waals surface area contributed by atoms with Gasteiger partial charge in [0.1, 0.15) is 19.0 Å². The van der Waals surface area contributed by atoms with Gasteiger partial charge in [0.05, 0.1) is 17.9 Å². The zero-order chi connectivity index (χ0) is 23.8. The molecule has 0 heterocycles. The van der Waals surface area contributed by atoms with Crippen LogP contribution in [0.4, 0.5) is 0 Å². The molecule has 0 spiro atoms. The summed E-state index contributed by atoms with van der Waals surface area (Å²) in [4.78, 5) is 24.2. The summed E-state index contributed by atoms with van der Waals surface area (Å²) in [5.41, 5.74) is 0.795. The molecule has 0 aromatic heterocycles. The molecular weight excluding hydrogens is 444 g/mol. The quantitative estimate of drug-likeness (QED) is 0.266. The monoisotopic (exact) mass is 468 g/mol. The van der Waals surface area contributed by atoms with Crippen LogP contribution in [-0.4, -0.2) is 40.7 Å². The first-order valence-electron chi connectivity index (χ1n) is 10.2. The van der Waals surface area contributed by atoms with Gasteiger partial charge < -0.3 is 14.2 Å². The maximum absolute atomic E-state index is 12.4. The van der Waals surface area contributed by atoms with E-state index in [2.05, 4.69) is 0 Å². The molecule has 3 rings (SSSR count). The number of carbonyl (C=O) groups excluding carboxylic acids is 2. The van der Waals surface area contributed by atoms with Gasteiger partial charge in [0.25, 0.3) is 0 Å². The lowest BCUT2D eigenvalue weighted by molar-refractivity contribution is -0.150. The molecule has 0 unspecified atom stereocenters. The fraction of sp³-hybridized carbons (Fsp3) is 0.200. The average molecular weight is 469 g/mol. The van der Waals surface area contributed by atoms with Crippen LogP contribution in [0.15, 0.2) is 83.1 Å². The fourth-order valence-electron chi connectivity index (χ4n) is 3.07. The van der Waals surface area contributed by atoms with E-state index in [9.17, 15) is 18.0 Å². The van der Waals surface area contributed by atoms with Crippen LogP contribution in [0.1, 0.15) is 18.4 Å². The number of fused-ring (bicyclic) bond motifs is 1. The molecule has 0 saturated heterocycles.